The van der Waals surface area contributed by atoms with Crippen LogP contribution in [0, 0.1) is 17.2 Å². The lowest BCUT2D eigenvalue weighted by atomic mass is 9.91. The second-order valence-corrected chi connectivity index (χ2v) is 10.5. The Morgan fingerprint density at radius 1 is 1.02 bits per heavy atom. The highest BCUT2D eigenvalue weighted by Crippen LogP contribution is 2.35. The number of nitriles is 1. The molecule has 206 valence electrons. The van der Waals surface area contributed by atoms with Crippen molar-refractivity contribution in [2.24, 2.45) is 11.7 Å². The van der Waals surface area contributed by atoms with Crippen molar-refractivity contribution in [2.45, 2.75) is 32.7 Å². The molecule has 0 aliphatic heterocycles. The number of anilines is 1. The van der Waals surface area contributed by atoms with Crippen molar-refractivity contribution < 1.29 is 9.21 Å². The van der Waals surface area contributed by atoms with Gasteiger partial charge in [0.1, 0.15) is 11.3 Å². The summed E-state index contributed by atoms with van der Waals surface area (Å²) in [5, 5.41) is 9.90. The largest absolute Gasteiger partial charge is 0.458 e. The van der Waals surface area contributed by atoms with Gasteiger partial charge in [0, 0.05) is 43.9 Å². The summed E-state index contributed by atoms with van der Waals surface area (Å²) >= 11 is 0. The first-order valence-corrected chi connectivity index (χ1v) is 13.6. The lowest BCUT2D eigenvalue weighted by molar-refractivity contribution is 0.0587. The summed E-state index contributed by atoms with van der Waals surface area (Å²) in [6.07, 6.45) is 0.944. The van der Waals surface area contributed by atoms with Gasteiger partial charge in [0.2, 0.25) is 0 Å². The molecule has 0 saturated carbocycles. The minimum atomic E-state index is -0.538. The minimum Gasteiger partial charge on any atom is -0.458 e. The van der Waals surface area contributed by atoms with Crippen LogP contribution >= 0.6 is 0 Å². The van der Waals surface area contributed by atoms with E-state index in [9.17, 15) is 14.9 Å². The van der Waals surface area contributed by atoms with Crippen LogP contribution in [0.15, 0.2) is 82.0 Å². The molecule has 0 bridgehead atoms. The maximum atomic E-state index is 14.2. The van der Waals surface area contributed by atoms with E-state index < -0.39 is 6.04 Å². The fraction of sp³-hybridized carbons (Fsp3) is 0.303. The van der Waals surface area contributed by atoms with Crippen molar-refractivity contribution in [2.75, 3.05) is 32.1 Å². The smallest absolute Gasteiger partial charge is 0.254 e. The summed E-state index contributed by atoms with van der Waals surface area (Å²) in [4.78, 5) is 31.9. The van der Waals surface area contributed by atoms with Crippen LogP contribution in [-0.2, 0) is 6.42 Å². The molecular formula is C33H36N4O3. The van der Waals surface area contributed by atoms with Crippen LogP contribution in [0.2, 0.25) is 0 Å². The molecule has 2 N–H and O–H groups in total. The summed E-state index contributed by atoms with van der Waals surface area (Å²) in [6, 6.07) is 23.7. The number of nitrogens with two attached hydrogens (primary N) is 1. The number of hydrogen-bond acceptors (Lipinski definition) is 6. The van der Waals surface area contributed by atoms with Gasteiger partial charge in [-0.15, -0.1) is 0 Å². The Labute approximate surface area is 235 Å². The SMILES string of the molecule is CC(C)C(c1oc2cc(C#N)ccc2c(=O)c1Cc1ccccc1)N(CCCN)C(=O)c1cccc(N(C)C)c1. The molecule has 0 aliphatic rings. The molecule has 0 saturated heterocycles. The van der Waals surface area contributed by atoms with E-state index in [1.807, 2.05) is 87.4 Å². The van der Waals surface area contributed by atoms with Crippen molar-refractivity contribution in [3.63, 3.8) is 0 Å². The molecule has 0 spiro atoms. The molecule has 4 rings (SSSR count). The van der Waals surface area contributed by atoms with Gasteiger partial charge < -0.3 is 20.0 Å². The molecule has 1 heterocycles. The topological polar surface area (TPSA) is 104 Å². The van der Waals surface area contributed by atoms with Crippen LogP contribution in [0.25, 0.3) is 11.0 Å². The number of fused-ring (bicyclic) bond motifs is 1. The zero-order chi connectivity index (χ0) is 28.8. The third-order valence-electron chi connectivity index (χ3n) is 7.08. The standard InChI is InChI=1S/C33H36N4O3/c1-22(2)30(37(17-9-16-34)33(39)25-12-8-13-26(20-25)36(3)4)32-28(18-23-10-6-5-7-11-23)31(38)27-15-14-24(21-35)19-29(27)40-32/h5-8,10-15,19-20,22,30H,9,16-18,34H2,1-4H3. The average molecular weight is 537 g/mol. The zero-order valence-electron chi connectivity index (χ0n) is 23.6. The van der Waals surface area contributed by atoms with Gasteiger partial charge in [-0.2, -0.15) is 5.26 Å². The normalized spacial score (nSPS) is 11.8. The molecule has 4 aromatic rings. The van der Waals surface area contributed by atoms with Crippen LogP contribution < -0.4 is 16.1 Å². The van der Waals surface area contributed by atoms with Crippen molar-refractivity contribution in [3.8, 4) is 6.07 Å². The van der Waals surface area contributed by atoms with E-state index in [1.165, 1.54) is 0 Å². The number of hydrogen-bond donors (Lipinski definition) is 1. The van der Waals surface area contributed by atoms with E-state index in [4.69, 9.17) is 10.2 Å². The minimum absolute atomic E-state index is 0.0898. The molecule has 1 amide bonds. The Hall–Kier alpha value is -4.41. The monoisotopic (exact) mass is 536 g/mol. The summed E-state index contributed by atoms with van der Waals surface area (Å²) in [5.41, 5.74) is 9.42. The van der Waals surface area contributed by atoms with Crippen LogP contribution in [0.4, 0.5) is 5.69 Å². The van der Waals surface area contributed by atoms with Gasteiger partial charge in [0.25, 0.3) is 5.91 Å². The van der Waals surface area contributed by atoms with Crippen molar-refractivity contribution in [1.82, 2.24) is 4.90 Å². The molecule has 7 heteroatoms. The third-order valence-corrected chi connectivity index (χ3v) is 7.08. The van der Waals surface area contributed by atoms with Crippen molar-refractivity contribution in [3.05, 3.63) is 111 Å². The first-order valence-electron chi connectivity index (χ1n) is 13.6. The highest BCUT2D eigenvalue weighted by Gasteiger charge is 2.34. The van der Waals surface area contributed by atoms with Gasteiger partial charge in [0.05, 0.1) is 23.1 Å². The molecule has 1 unspecified atom stereocenters. The Morgan fingerprint density at radius 2 is 1.77 bits per heavy atom. The van der Waals surface area contributed by atoms with Gasteiger partial charge in [-0.25, -0.2) is 0 Å². The second-order valence-electron chi connectivity index (χ2n) is 10.5. The number of benzene rings is 3. The van der Waals surface area contributed by atoms with E-state index in [1.54, 1.807) is 23.1 Å². The Balaban J connectivity index is 1.95. The van der Waals surface area contributed by atoms with Gasteiger partial charge >= 0.3 is 0 Å². The highest BCUT2D eigenvalue weighted by atomic mass is 16.3. The highest BCUT2D eigenvalue weighted by molar-refractivity contribution is 5.95. The fourth-order valence-corrected chi connectivity index (χ4v) is 5.04. The molecule has 0 aliphatic carbocycles. The zero-order valence-corrected chi connectivity index (χ0v) is 23.6. The second kappa shape index (κ2) is 12.6. The van der Waals surface area contributed by atoms with Crippen molar-refractivity contribution >= 4 is 22.6 Å². The Bertz CT molecular complexity index is 1590. The molecular weight excluding hydrogens is 500 g/mol. The van der Waals surface area contributed by atoms with Crippen LogP contribution in [-0.4, -0.2) is 38.0 Å². The summed E-state index contributed by atoms with van der Waals surface area (Å²) in [6.45, 7) is 4.85. The first-order chi connectivity index (χ1) is 19.2. The van der Waals surface area contributed by atoms with E-state index in [2.05, 4.69) is 6.07 Å². The lowest BCUT2D eigenvalue weighted by Gasteiger charge is -2.35. The Kier molecular flexibility index (Phi) is 9.03. The summed E-state index contributed by atoms with van der Waals surface area (Å²) in [5.74, 6) is 0.198. The maximum Gasteiger partial charge on any atom is 0.254 e. The fourth-order valence-electron chi connectivity index (χ4n) is 5.04. The van der Waals surface area contributed by atoms with Gasteiger partial charge in [-0.3, -0.25) is 9.59 Å². The third kappa shape index (κ3) is 6.08. The Morgan fingerprint density at radius 3 is 2.42 bits per heavy atom. The molecule has 1 atom stereocenters. The molecule has 1 aromatic heterocycles. The van der Waals surface area contributed by atoms with E-state index in [0.29, 0.717) is 59.4 Å². The van der Waals surface area contributed by atoms with Crippen LogP contribution in [0.5, 0.6) is 0 Å². The van der Waals surface area contributed by atoms with E-state index in [-0.39, 0.29) is 17.3 Å². The molecule has 40 heavy (non-hydrogen) atoms. The molecule has 3 aromatic carbocycles. The maximum absolute atomic E-state index is 14.2. The van der Waals surface area contributed by atoms with Gasteiger partial charge in [-0.1, -0.05) is 50.2 Å². The number of carbonyl (C=O) groups is 1. The number of carbonyl (C=O) groups excluding carboxylic acids is 1. The van der Waals surface area contributed by atoms with E-state index in [0.717, 1.165) is 11.3 Å². The molecule has 0 fully saturated rings. The van der Waals surface area contributed by atoms with Crippen LogP contribution in [0.1, 0.15) is 59.1 Å². The quantitative estimate of drug-likeness (QED) is 0.287. The first kappa shape index (κ1) is 28.6. The number of nitrogens with zero attached hydrogens (tertiary/aromatic N) is 3. The molecule has 7 nitrogen and oxygen atoms in total. The predicted molar refractivity (Wildman–Crippen MR) is 160 cm³/mol. The summed E-state index contributed by atoms with van der Waals surface area (Å²) in [7, 11) is 3.86. The number of amides is 1. The number of rotatable bonds is 10. The lowest BCUT2D eigenvalue weighted by Crippen LogP contribution is -2.40. The average Bonchev–Trinajstić information content (AvgIpc) is 2.96. The van der Waals surface area contributed by atoms with Crippen LogP contribution in [0.3, 0.4) is 0 Å². The van der Waals surface area contributed by atoms with Crippen molar-refractivity contribution in [1.29, 1.82) is 5.26 Å². The molecule has 0 radical (unpaired) electrons. The van der Waals surface area contributed by atoms with Gasteiger partial charge in [0.15, 0.2) is 5.43 Å². The summed E-state index contributed by atoms with van der Waals surface area (Å²) < 4.78 is 6.54. The predicted octanol–water partition coefficient (Wildman–Crippen LogP) is 5.51. The van der Waals surface area contributed by atoms with Gasteiger partial charge in [-0.05, 0) is 60.8 Å². The van der Waals surface area contributed by atoms with E-state index >= 15 is 0 Å².